The smallest absolute Gasteiger partial charge is 1.00 e. The summed E-state index contributed by atoms with van der Waals surface area (Å²) in [6.07, 6.45) is 0. The fourth-order valence-electron chi connectivity index (χ4n) is 0. The molecule has 0 fully saturated rings. The first-order valence-corrected chi connectivity index (χ1v) is 0. The third-order valence-electron chi connectivity index (χ3n) is 0. The molecule has 0 amide bonds. The van der Waals surface area contributed by atoms with E-state index in [9.17, 15) is 0 Å². The van der Waals surface area contributed by atoms with E-state index >= 15 is 0 Å². The van der Waals surface area contributed by atoms with Crippen LogP contribution in [0.15, 0.2) is 0 Å². The second kappa shape index (κ2) is 15.9. The van der Waals surface area contributed by atoms with Gasteiger partial charge in [0, 0.05) is 22.4 Å². The van der Waals surface area contributed by atoms with Crippen LogP contribution < -0.4 is 154 Å². The molecule has 0 unspecified atom stereocenters. The Morgan fingerprint density at radius 2 is 0.750 bits per heavy atom. The first kappa shape index (κ1) is 22.6. The van der Waals surface area contributed by atoms with Gasteiger partial charge in [-0.15, -0.1) is 0 Å². The molecule has 0 aromatic heterocycles. The molecule has 0 saturated heterocycles. The van der Waals surface area contributed by atoms with Crippen molar-refractivity contribution in [2.24, 2.45) is 0 Å². The van der Waals surface area contributed by atoms with Gasteiger partial charge >= 0.3 is 154 Å². The molecule has 0 aromatic rings. The average Bonchev–Trinajstić information content (AvgIpc) is 0. The maximum Gasteiger partial charge on any atom is 1.00 e. The molecule has 17 valence electrons. The fraction of sp³-hybridized carbons (Fsp3) is 0. The molecule has 0 N–H and O–H groups in total. The molecule has 0 atom stereocenters. The summed E-state index contributed by atoms with van der Waals surface area (Å²) in [5, 5.41) is 0. The van der Waals surface area contributed by atoms with Crippen molar-refractivity contribution in [3.63, 3.8) is 0 Å². The maximum atomic E-state index is 0. The van der Waals surface area contributed by atoms with E-state index in [1.807, 2.05) is 0 Å². The maximum absolute atomic E-state index is 0. The van der Waals surface area contributed by atoms with Crippen LogP contribution in [0.4, 0.5) is 0 Å². The molecule has 0 aliphatic carbocycles. The third-order valence-corrected chi connectivity index (χ3v) is 0. The van der Waals surface area contributed by atoms with Gasteiger partial charge in [0.05, 0.1) is 0 Å². The molecule has 1 radical (unpaired) electrons. The molecule has 0 saturated carbocycles. The van der Waals surface area contributed by atoms with Gasteiger partial charge in [-0.25, -0.2) is 0 Å². The molecule has 0 rings (SSSR count). The Labute approximate surface area is 174 Å². The van der Waals surface area contributed by atoms with Gasteiger partial charge in [-0.1, -0.05) is 0 Å². The summed E-state index contributed by atoms with van der Waals surface area (Å²) >= 11 is 0. The number of hydrogen-bond acceptors (Lipinski definition) is 0. The van der Waals surface area contributed by atoms with E-state index in [4.69, 9.17) is 0 Å². The topological polar surface area (TPSA) is 0 Å². The first-order chi connectivity index (χ1) is 0. The van der Waals surface area contributed by atoms with Crippen molar-refractivity contribution in [3.8, 4) is 0 Å². The summed E-state index contributed by atoms with van der Waals surface area (Å²) in [6, 6.07) is 0. The summed E-state index contributed by atoms with van der Waals surface area (Å²) in [5.41, 5.74) is 0. The van der Waals surface area contributed by atoms with Crippen LogP contribution in [0.25, 0.3) is 0 Å². The molecule has 4 heavy (non-hydrogen) atoms. The average molecular weight is 317 g/mol. The quantitative estimate of drug-likeness (QED) is 0.390. The first-order valence-electron chi connectivity index (χ1n) is 0. The minimum Gasteiger partial charge on any atom is -1.00 e. The largest absolute Gasteiger partial charge is 1.00 e. The van der Waals surface area contributed by atoms with E-state index in [1.165, 1.54) is 0 Å². The second-order valence-corrected chi connectivity index (χ2v) is 0. The molecule has 0 heterocycles. The van der Waals surface area contributed by atoms with Crippen molar-refractivity contribution >= 4 is 0 Å². The van der Waals surface area contributed by atoms with E-state index in [0.717, 1.165) is 0 Å². The Morgan fingerprint density at radius 3 is 0.750 bits per heavy atom. The van der Waals surface area contributed by atoms with Crippen molar-refractivity contribution in [2.75, 3.05) is 0 Å². The van der Waals surface area contributed by atoms with Crippen LogP contribution in [0.3, 0.4) is 0 Å². The van der Waals surface area contributed by atoms with Gasteiger partial charge in [0.1, 0.15) is 0 Å². The number of rotatable bonds is 0. The Morgan fingerprint density at radius 1 is 0.750 bits per heavy atom. The molecule has 0 spiro atoms. The molecule has 0 aromatic carbocycles. The minimum atomic E-state index is 0. The van der Waals surface area contributed by atoms with Crippen molar-refractivity contribution in [2.45, 2.75) is 0 Å². The van der Waals surface area contributed by atoms with Crippen LogP contribution in [0.5, 0.6) is 0 Å². The summed E-state index contributed by atoms with van der Waals surface area (Å²) in [6.45, 7) is 0. The summed E-state index contributed by atoms with van der Waals surface area (Å²) in [7, 11) is 0. The van der Waals surface area contributed by atoms with Gasteiger partial charge in [-0.05, 0) is 0 Å². The van der Waals surface area contributed by atoms with Crippen LogP contribution in [0.1, 0.15) is 4.28 Å². The third kappa shape index (κ3) is 10.6. The van der Waals surface area contributed by atoms with E-state index in [-0.39, 0.29) is 181 Å². The summed E-state index contributed by atoms with van der Waals surface area (Å²) in [5.74, 6) is 0. The molecule has 0 aliphatic rings. The molecule has 0 nitrogen and oxygen atoms in total. The van der Waals surface area contributed by atoms with Gasteiger partial charge in [0.15, 0.2) is 0 Å². The second-order valence-electron chi connectivity index (χ2n) is 0. The van der Waals surface area contributed by atoms with Gasteiger partial charge in [-0.3, -0.25) is 0 Å². The van der Waals surface area contributed by atoms with E-state index in [2.05, 4.69) is 0 Å². The molecule has 0 bridgehead atoms. The summed E-state index contributed by atoms with van der Waals surface area (Å²) < 4.78 is 0. The molecule has 4 heteroatoms. The van der Waals surface area contributed by atoms with Crippen LogP contribution >= 0.6 is 0 Å². The molecule has 0 aliphatic heterocycles. The molecular weight excluding hydrogens is 314 g/mol. The fourth-order valence-corrected chi connectivity index (χ4v) is 0. The minimum absolute atomic E-state index is 0. The Bertz CT molecular complexity index is 10.1. The predicted molar refractivity (Wildman–Crippen MR) is 3.34 cm³/mol. The zero-order chi connectivity index (χ0) is 0. The molecular formula is H3AuK3. The normalized spacial score (nSPS) is 0. The van der Waals surface area contributed by atoms with Crippen molar-refractivity contribution in [1.82, 2.24) is 0 Å². The Hall–Kier alpha value is 5.65. The Kier molecular flexibility index (Phi) is 89.7. The number of hydrogen-bond donors (Lipinski definition) is 0. The van der Waals surface area contributed by atoms with Crippen LogP contribution in [0, 0.1) is 0 Å². The van der Waals surface area contributed by atoms with E-state index in [0.29, 0.717) is 0 Å². The SMILES string of the molecule is [Au].[H-].[H-].[H-].[K+].[K+].[K+]. The van der Waals surface area contributed by atoms with Crippen molar-refractivity contribution < 1.29 is 181 Å². The van der Waals surface area contributed by atoms with E-state index < -0.39 is 0 Å². The van der Waals surface area contributed by atoms with Gasteiger partial charge in [-0.2, -0.15) is 0 Å². The zero-order valence-corrected chi connectivity index (χ0v) is 14.8. The monoisotopic (exact) mass is 317 g/mol. The van der Waals surface area contributed by atoms with Crippen LogP contribution in [-0.4, -0.2) is 0 Å². The summed E-state index contributed by atoms with van der Waals surface area (Å²) in [4.78, 5) is 0. The van der Waals surface area contributed by atoms with Crippen LogP contribution in [0.2, 0.25) is 0 Å². The van der Waals surface area contributed by atoms with Gasteiger partial charge in [0.25, 0.3) is 0 Å². The van der Waals surface area contributed by atoms with E-state index in [1.54, 1.807) is 0 Å². The van der Waals surface area contributed by atoms with Gasteiger partial charge < -0.3 is 4.28 Å². The zero-order valence-electron chi connectivity index (χ0n) is 6.30. The standard InChI is InChI=1S/Au.3K.3H/q;3*+1;3*-1. The van der Waals surface area contributed by atoms with Crippen LogP contribution in [-0.2, 0) is 22.4 Å². The van der Waals surface area contributed by atoms with Crippen molar-refractivity contribution in [3.05, 3.63) is 0 Å². The Balaban J connectivity index is 0. The predicted octanol–water partition coefficient (Wildman–Crippen LogP) is -8.65. The van der Waals surface area contributed by atoms with Crippen molar-refractivity contribution in [1.29, 1.82) is 0 Å². The van der Waals surface area contributed by atoms with Gasteiger partial charge in [0.2, 0.25) is 0 Å².